The van der Waals surface area contributed by atoms with Gasteiger partial charge in [-0.25, -0.2) is 4.98 Å². The fraction of sp³-hybridized carbons (Fsp3) is 0.600. The summed E-state index contributed by atoms with van der Waals surface area (Å²) < 4.78 is 2.41. The average molecular weight is 360 g/mol. The highest BCUT2D eigenvalue weighted by atomic mass is 32.1. The van der Waals surface area contributed by atoms with Crippen LogP contribution in [0, 0.1) is 13.8 Å². The van der Waals surface area contributed by atoms with Crippen LogP contribution in [0.2, 0.25) is 0 Å². The fourth-order valence-electron chi connectivity index (χ4n) is 4.01. The molecule has 2 aromatic heterocycles. The lowest BCUT2D eigenvalue weighted by molar-refractivity contribution is 0.0772. The molecule has 25 heavy (non-hydrogen) atoms. The number of hydrogen-bond acceptors (Lipinski definition) is 3. The third-order valence-electron chi connectivity index (χ3n) is 5.39. The fourth-order valence-corrected chi connectivity index (χ4v) is 4.61. The minimum Gasteiger partial charge on any atom is -0.340 e. The number of thiazole rings is 1. The smallest absolute Gasteiger partial charge is 0.255 e. The summed E-state index contributed by atoms with van der Waals surface area (Å²) in [4.78, 5) is 19.6. The van der Waals surface area contributed by atoms with Crippen molar-refractivity contribution in [1.82, 2.24) is 14.5 Å². The van der Waals surface area contributed by atoms with E-state index in [0.29, 0.717) is 6.04 Å². The van der Waals surface area contributed by atoms with Crippen LogP contribution in [0.5, 0.6) is 0 Å². The van der Waals surface area contributed by atoms with E-state index < -0.39 is 0 Å². The Hall–Kier alpha value is -1.62. The van der Waals surface area contributed by atoms with E-state index in [4.69, 9.17) is 4.98 Å². The van der Waals surface area contributed by atoms with Gasteiger partial charge in [0, 0.05) is 30.2 Å². The van der Waals surface area contributed by atoms with Crippen molar-refractivity contribution in [3.63, 3.8) is 0 Å². The summed E-state index contributed by atoms with van der Waals surface area (Å²) in [6.07, 6.45) is 6.27. The zero-order valence-electron chi connectivity index (χ0n) is 15.8. The van der Waals surface area contributed by atoms with Crippen LogP contribution in [0.3, 0.4) is 0 Å². The predicted octanol–water partition coefficient (Wildman–Crippen LogP) is 5.22. The monoisotopic (exact) mass is 359 g/mol. The first-order chi connectivity index (χ1) is 12.1. The Labute approximate surface area is 154 Å². The summed E-state index contributed by atoms with van der Waals surface area (Å²) in [5.41, 5.74) is 4.07. The molecule has 1 fully saturated rings. The topological polar surface area (TPSA) is 38.1 Å². The van der Waals surface area contributed by atoms with Crippen molar-refractivity contribution >= 4 is 17.2 Å². The van der Waals surface area contributed by atoms with Crippen LogP contribution in [-0.2, 0) is 0 Å². The first-order valence-corrected chi connectivity index (χ1v) is 10.4. The van der Waals surface area contributed by atoms with Gasteiger partial charge in [-0.2, -0.15) is 0 Å². The lowest BCUT2D eigenvalue weighted by Gasteiger charge is -2.27. The van der Waals surface area contributed by atoms with E-state index in [-0.39, 0.29) is 5.91 Å². The maximum Gasteiger partial charge on any atom is 0.255 e. The maximum absolute atomic E-state index is 13.0. The van der Waals surface area contributed by atoms with Crippen molar-refractivity contribution in [2.75, 3.05) is 13.1 Å². The van der Waals surface area contributed by atoms with Gasteiger partial charge < -0.3 is 9.47 Å². The predicted molar refractivity (Wildman–Crippen MR) is 104 cm³/mol. The summed E-state index contributed by atoms with van der Waals surface area (Å²) in [6.45, 7) is 9.72. The van der Waals surface area contributed by atoms with Gasteiger partial charge in [-0.15, -0.1) is 11.3 Å². The molecule has 1 saturated carbocycles. The number of hydrogen-bond donors (Lipinski definition) is 0. The van der Waals surface area contributed by atoms with Gasteiger partial charge in [0.25, 0.3) is 5.91 Å². The molecule has 1 aliphatic carbocycles. The van der Waals surface area contributed by atoms with Crippen molar-refractivity contribution < 1.29 is 4.79 Å². The molecule has 0 atom stereocenters. The molecule has 0 N–H and O–H groups in total. The molecule has 4 nitrogen and oxygen atoms in total. The van der Waals surface area contributed by atoms with Crippen molar-refractivity contribution in [2.45, 2.75) is 65.8 Å². The quantitative estimate of drug-likeness (QED) is 0.734. The van der Waals surface area contributed by atoms with Gasteiger partial charge >= 0.3 is 0 Å². The molecular formula is C20H29N3OS. The first-order valence-electron chi connectivity index (χ1n) is 9.50. The van der Waals surface area contributed by atoms with E-state index in [9.17, 15) is 4.79 Å². The van der Waals surface area contributed by atoms with Crippen LogP contribution < -0.4 is 0 Å². The van der Waals surface area contributed by atoms with Gasteiger partial charge in [-0.1, -0.05) is 19.3 Å². The van der Waals surface area contributed by atoms with Crippen LogP contribution in [-0.4, -0.2) is 33.4 Å². The van der Waals surface area contributed by atoms with Gasteiger partial charge in [0.15, 0.2) is 0 Å². The first kappa shape index (κ1) is 18.2. The Morgan fingerprint density at radius 2 is 1.92 bits per heavy atom. The molecule has 2 aromatic rings. The number of aromatic nitrogens is 2. The van der Waals surface area contributed by atoms with Gasteiger partial charge in [0.05, 0.1) is 22.0 Å². The average Bonchev–Trinajstić information content (AvgIpc) is 3.20. The summed E-state index contributed by atoms with van der Waals surface area (Å²) in [7, 11) is 0. The molecule has 1 amide bonds. The number of aryl methyl sites for hydroxylation is 1. The van der Waals surface area contributed by atoms with Crippen molar-refractivity contribution in [1.29, 1.82) is 0 Å². The number of amides is 1. The van der Waals surface area contributed by atoms with Crippen molar-refractivity contribution in [2.24, 2.45) is 0 Å². The second-order valence-electron chi connectivity index (χ2n) is 6.92. The zero-order chi connectivity index (χ0) is 18.0. The Morgan fingerprint density at radius 3 is 2.48 bits per heavy atom. The minimum absolute atomic E-state index is 0.144. The van der Waals surface area contributed by atoms with Crippen molar-refractivity contribution in [3.05, 3.63) is 27.7 Å². The van der Waals surface area contributed by atoms with Crippen LogP contribution in [0.25, 0.3) is 11.4 Å². The molecule has 0 aliphatic heterocycles. The van der Waals surface area contributed by atoms with E-state index in [2.05, 4.69) is 22.9 Å². The number of carbonyl (C=O) groups is 1. The summed E-state index contributed by atoms with van der Waals surface area (Å²) in [6, 6.07) is 2.57. The molecule has 136 valence electrons. The summed E-state index contributed by atoms with van der Waals surface area (Å²) in [5, 5.41) is 3.19. The summed E-state index contributed by atoms with van der Waals surface area (Å²) in [5.74, 6) is 0.144. The third kappa shape index (κ3) is 3.52. The standard InChI is InChI=1S/C20H29N3OS/c1-5-22(6-2)20(24)17-12-19(18-13-25-15(4)21-18)23(14(17)3)16-10-8-7-9-11-16/h12-13,16H,5-11H2,1-4H3. The Kier molecular flexibility index (Phi) is 5.62. The van der Waals surface area contributed by atoms with Gasteiger partial charge in [0.1, 0.15) is 0 Å². The zero-order valence-corrected chi connectivity index (χ0v) is 16.7. The number of carbonyl (C=O) groups excluding carboxylic acids is 1. The number of rotatable bonds is 5. The van der Waals surface area contributed by atoms with Gasteiger partial charge in [0.2, 0.25) is 0 Å². The second kappa shape index (κ2) is 7.73. The Bertz CT molecular complexity index is 736. The highest BCUT2D eigenvalue weighted by Gasteiger charge is 2.27. The lowest BCUT2D eigenvalue weighted by Crippen LogP contribution is -2.30. The van der Waals surface area contributed by atoms with E-state index in [1.807, 2.05) is 25.7 Å². The van der Waals surface area contributed by atoms with Crippen molar-refractivity contribution in [3.8, 4) is 11.4 Å². The minimum atomic E-state index is 0.144. The highest BCUT2D eigenvalue weighted by Crippen LogP contribution is 2.36. The molecule has 0 saturated heterocycles. The molecule has 0 aromatic carbocycles. The lowest BCUT2D eigenvalue weighted by atomic mass is 9.95. The highest BCUT2D eigenvalue weighted by molar-refractivity contribution is 7.09. The maximum atomic E-state index is 13.0. The molecule has 5 heteroatoms. The van der Waals surface area contributed by atoms with Gasteiger partial charge in [-0.3, -0.25) is 4.79 Å². The Morgan fingerprint density at radius 1 is 1.24 bits per heavy atom. The van der Waals surface area contributed by atoms with Crippen LogP contribution in [0.4, 0.5) is 0 Å². The van der Waals surface area contributed by atoms with E-state index in [1.54, 1.807) is 11.3 Å². The SMILES string of the molecule is CCN(CC)C(=O)c1cc(-c2csc(C)n2)n(C2CCCCC2)c1C. The van der Waals surface area contributed by atoms with E-state index in [1.165, 1.54) is 32.1 Å². The molecule has 0 bridgehead atoms. The largest absolute Gasteiger partial charge is 0.340 e. The van der Waals surface area contributed by atoms with Crippen LogP contribution in [0.1, 0.15) is 73.1 Å². The molecule has 0 spiro atoms. The molecule has 3 rings (SSSR count). The third-order valence-corrected chi connectivity index (χ3v) is 6.17. The Balaban J connectivity index is 2.09. The van der Waals surface area contributed by atoms with E-state index >= 15 is 0 Å². The van der Waals surface area contributed by atoms with Crippen LogP contribution in [0.15, 0.2) is 11.4 Å². The van der Waals surface area contributed by atoms with E-state index in [0.717, 1.165) is 40.7 Å². The van der Waals surface area contributed by atoms with Crippen LogP contribution >= 0.6 is 11.3 Å². The summed E-state index contributed by atoms with van der Waals surface area (Å²) >= 11 is 1.67. The second-order valence-corrected chi connectivity index (χ2v) is 7.98. The number of nitrogens with zero attached hydrogens (tertiary/aromatic N) is 3. The van der Waals surface area contributed by atoms with Gasteiger partial charge in [-0.05, 0) is 46.6 Å². The molecular weight excluding hydrogens is 330 g/mol. The molecule has 0 radical (unpaired) electrons. The molecule has 2 heterocycles. The molecule has 1 aliphatic rings. The normalized spacial score (nSPS) is 15.5. The molecule has 0 unspecified atom stereocenters.